The van der Waals surface area contributed by atoms with Crippen LogP contribution in [0.3, 0.4) is 0 Å². The molecule has 0 saturated carbocycles. The van der Waals surface area contributed by atoms with E-state index in [1.165, 1.54) is 10.6 Å². The molecule has 4 nitrogen and oxygen atoms in total. The van der Waals surface area contributed by atoms with Crippen molar-refractivity contribution in [2.24, 2.45) is 10.7 Å². The van der Waals surface area contributed by atoms with Gasteiger partial charge < -0.3 is 10.6 Å². The molecule has 116 valence electrons. The Kier molecular flexibility index (Phi) is 5.61. The number of nitrogens with one attached hydrogen (secondary N) is 1. The molecule has 0 spiro atoms. The number of hydrogen-bond acceptors (Lipinski definition) is 5. The van der Waals surface area contributed by atoms with Crippen LogP contribution in [0, 0.1) is 0 Å². The number of thioether (sulfide) groups is 1. The van der Waals surface area contributed by atoms with E-state index in [1.807, 2.05) is 35.3 Å². The first-order valence-electron chi connectivity index (χ1n) is 7.01. The second kappa shape index (κ2) is 7.67. The van der Waals surface area contributed by atoms with E-state index in [9.17, 15) is 0 Å². The van der Waals surface area contributed by atoms with Crippen LogP contribution >= 0.6 is 46.0 Å². The van der Waals surface area contributed by atoms with Crippen molar-refractivity contribution in [1.82, 2.24) is 3.53 Å². The maximum Gasteiger partial charge on any atom is 0.141 e. The summed E-state index contributed by atoms with van der Waals surface area (Å²) in [7, 11) is 0. The summed E-state index contributed by atoms with van der Waals surface area (Å²) in [6, 6.07) is 10.3. The monoisotopic (exact) mass is 444 g/mol. The van der Waals surface area contributed by atoms with Gasteiger partial charge in [0.25, 0.3) is 0 Å². The van der Waals surface area contributed by atoms with Crippen molar-refractivity contribution < 1.29 is 0 Å². The fourth-order valence-electron chi connectivity index (χ4n) is 2.36. The average Bonchev–Trinajstić information content (AvgIpc) is 3.07. The Morgan fingerprint density at radius 2 is 2.32 bits per heavy atom. The second-order valence-electron chi connectivity index (χ2n) is 4.85. The van der Waals surface area contributed by atoms with Gasteiger partial charge >= 0.3 is 0 Å². The summed E-state index contributed by atoms with van der Waals surface area (Å²) in [5, 5.41) is 2.01. The van der Waals surface area contributed by atoms with Crippen LogP contribution in [0.15, 0.2) is 45.6 Å². The summed E-state index contributed by atoms with van der Waals surface area (Å²) in [4.78, 5) is 9.33. The van der Waals surface area contributed by atoms with E-state index in [4.69, 9.17) is 5.73 Å². The molecule has 0 unspecified atom stereocenters. The van der Waals surface area contributed by atoms with Gasteiger partial charge in [-0.2, -0.15) is 0 Å². The van der Waals surface area contributed by atoms with E-state index in [0.29, 0.717) is 5.84 Å². The Morgan fingerprint density at radius 1 is 1.41 bits per heavy atom. The third kappa shape index (κ3) is 3.76. The lowest BCUT2D eigenvalue weighted by molar-refractivity contribution is 0.793. The minimum atomic E-state index is 0.582. The Labute approximate surface area is 152 Å². The lowest BCUT2D eigenvalue weighted by Gasteiger charge is -2.30. The molecule has 1 aromatic heterocycles. The quantitative estimate of drug-likeness (QED) is 0.320. The Morgan fingerprint density at radius 3 is 3.09 bits per heavy atom. The van der Waals surface area contributed by atoms with Crippen molar-refractivity contribution in [1.29, 1.82) is 0 Å². The van der Waals surface area contributed by atoms with Crippen LogP contribution in [0.5, 0.6) is 0 Å². The highest BCUT2D eigenvalue weighted by molar-refractivity contribution is 14.1. The lowest BCUT2D eigenvalue weighted by Crippen LogP contribution is -2.33. The van der Waals surface area contributed by atoms with E-state index in [0.717, 1.165) is 36.0 Å². The van der Waals surface area contributed by atoms with Crippen molar-refractivity contribution in [3.8, 4) is 0 Å². The number of hydrogen-bond donors (Lipinski definition) is 2. The fourth-order valence-corrected chi connectivity index (χ4v) is 4.26. The summed E-state index contributed by atoms with van der Waals surface area (Å²) < 4.78 is 3.19. The molecule has 7 heteroatoms. The number of amidine groups is 1. The van der Waals surface area contributed by atoms with Gasteiger partial charge in [0.2, 0.25) is 0 Å². The molecule has 1 aliphatic rings. The zero-order valence-corrected chi connectivity index (χ0v) is 15.7. The zero-order chi connectivity index (χ0) is 15.4. The lowest BCUT2D eigenvalue weighted by atomic mass is 10.2. The van der Waals surface area contributed by atoms with Gasteiger partial charge in [-0.25, -0.2) is 4.99 Å². The van der Waals surface area contributed by atoms with Crippen LogP contribution in [-0.4, -0.2) is 31.2 Å². The van der Waals surface area contributed by atoms with Crippen molar-refractivity contribution >= 4 is 63.2 Å². The minimum Gasteiger partial charge on any atom is -0.383 e. The highest BCUT2D eigenvalue weighted by Crippen LogP contribution is 2.37. The molecular weight excluding hydrogens is 427 g/mol. The van der Waals surface area contributed by atoms with Gasteiger partial charge in [-0.1, -0.05) is 6.07 Å². The Balaban J connectivity index is 1.87. The molecule has 0 fully saturated rings. The topological polar surface area (TPSA) is 53.6 Å². The molecule has 1 aromatic carbocycles. The smallest absolute Gasteiger partial charge is 0.141 e. The molecule has 0 saturated heterocycles. The standard InChI is InChI=1S/C15H17IN4S2/c16-18-5-6-20-7-9-22-13-4-3-11(10-12(13)20)19-15(17)14-2-1-8-21-14/h1-4,8,10,18H,5-7,9H2,(H2,17,19). The average molecular weight is 444 g/mol. The van der Waals surface area contributed by atoms with Crippen LogP contribution in [0.2, 0.25) is 0 Å². The molecule has 2 heterocycles. The molecule has 3 N–H and O–H groups in total. The molecular formula is C15H17IN4S2. The van der Waals surface area contributed by atoms with Crippen LogP contribution < -0.4 is 14.2 Å². The van der Waals surface area contributed by atoms with Crippen LogP contribution in [0.4, 0.5) is 11.4 Å². The maximum absolute atomic E-state index is 6.09. The molecule has 2 aromatic rings. The summed E-state index contributed by atoms with van der Waals surface area (Å²) in [5.74, 6) is 1.72. The van der Waals surface area contributed by atoms with E-state index >= 15 is 0 Å². The van der Waals surface area contributed by atoms with E-state index in [-0.39, 0.29) is 0 Å². The number of nitrogens with zero attached hydrogens (tertiary/aromatic N) is 2. The summed E-state index contributed by atoms with van der Waals surface area (Å²) in [6.45, 7) is 3.04. The molecule has 3 rings (SSSR count). The fraction of sp³-hybridized carbons (Fsp3) is 0.267. The van der Waals surface area contributed by atoms with E-state index in [1.54, 1.807) is 11.3 Å². The number of anilines is 1. The zero-order valence-electron chi connectivity index (χ0n) is 12.0. The van der Waals surface area contributed by atoms with Crippen LogP contribution in [0.25, 0.3) is 0 Å². The molecule has 0 amide bonds. The summed E-state index contributed by atoms with van der Waals surface area (Å²) in [6.07, 6.45) is 0. The largest absolute Gasteiger partial charge is 0.383 e. The first kappa shape index (κ1) is 16.1. The van der Waals surface area contributed by atoms with Crippen molar-refractivity contribution in [2.75, 3.05) is 30.3 Å². The molecule has 22 heavy (non-hydrogen) atoms. The molecule has 0 atom stereocenters. The number of nitrogens with two attached hydrogens (primary N) is 1. The minimum absolute atomic E-state index is 0.582. The predicted molar refractivity (Wildman–Crippen MR) is 106 cm³/mol. The maximum atomic E-state index is 6.09. The van der Waals surface area contributed by atoms with Crippen molar-refractivity contribution in [3.63, 3.8) is 0 Å². The third-order valence-corrected chi connectivity index (χ3v) is 5.88. The first-order valence-corrected chi connectivity index (χ1v) is 9.95. The van der Waals surface area contributed by atoms with Crippen LogP contribution in [-0.2, 0) is 0 Å². The second-order valence-corrected chi connectivity index (χ2v) is 7.69. The van der Waals surface area contributed by atoms with Crippen molar-refractivity contribution in [2.45, 2.75) is 4.90 Å². The number of halogens is 1. The number of thiophene rings is 1. The normalized spacial score (nSPS) is 15.0. The van der Waals surface area contributed by atoms with E-state index < -0.39 is 0 Å². The molecule has 1 aliphatic heterocycles. The Bertz CT molecular complexity index is 658. The number of benzene rings is 1. The van der Waals surface area contributed by atoms with Gasteiger partial charge in [-0.3, -0.25) is 3.53 Å². The highest BCUT2D eigenvalue weighted by atomic mass is 127. The molecule has 0 radical (unpaired) electrons. The van der Waals surface area contributed by atoms with Gasteiger partial charge in [0.15, 0.2) is 0 Å². The SMILES string of the molecule is NC(=Nc1ccc2c(c1)N(CCNI)CCS2)c1cccs1. The van der Waals surface area contributed by atoms with Crippen molar-refractivity contribution in [3.05, 3.63) is 40.6 Å². The third-order valence-electron chi connectivity index (χ3n) is 3.40. The number of fused-ring (bicyclic) bond motifs is 1. The predicted octanol–water partition coefficient (Wildman–Crippen LogP) is 3.64. The van der Waals surface area contributed by atoms with E-state index in [2.05, 4.69) is 48.4 Å². The first-order chi connectivity index (χ1) is 10.8. The highest BCUT2D eigenvalue weighted by Gasteiger charge is 2.17. The van der Waals surface area contributed by atoms with Gasteiger partial charge in [-0.15, -0.1) is 23.1 Å². The molecule has 0 aliphatic carbocycles. The Hall–Kier alpha value is -0.770. The summed E-state index contributed by atoms with van der Waals surface area (Å²) >= 11 is 5.71. The molecule has 0 bridgehead atoms. The number of rotatable bonds is 5. The number of aliphatic imine (C=N–C) groups is 1. The van der Waals surface area contributed by atoms with Crippen LogP contribution in [0.1, 0.15) is 4.88 Å². The van der Waals surface area contributed by atoms with Gasteiger partial charge in [-0.05, 0) is 29.6 Å². The summed E-state index contributed by atoms with van der Waals surface area (Å²) in [5.41, 5.74) is 8.28. The van der Waals surface area contributed by atoms with Gasteiger partial charge in [0.1, 0.15) is 5.84 Å². The van der Waals surface area contributed by atoms with Gasteiger partial charge in [0.05, 0.1) is 16.3 Å². The van der Waals surface area contributed by atoms with Gasteiger partial charge in [0, 0.05) is 53.1 Å².